The van der Waals surface area contributed by atoms with Gasteiger partial charge >= 0.3 is 25.2 Å². The summed E-state index contributed by atoms with van der Waals surface area (Å²) in [6.45, 7) is 2.25. The van der Waals surface area contributed by atoms with Crippen molar-refractivity contribution in [2.75, 3.05) is 26.7 Å². The largest absolute Gasteiger partial charge is 0.613 e. The third kappa shape index (κ3) is 8.65. The molecule has 0 aromatic carbocycles. The van der Waals surface area contributed by atoms with E-state index in [1.165, 1.54) is 11.9 Å². The van der Waals surface area contributed by atoms with E-state index in [1.54, 1.807) is 12.2 Å². The zero-order chi connectivity index (χ0) is 21.5. The Kier molecular flexibility index (Phi) is 9.50. The number of carbonyl (C=O) groups is 3. The molecule has 0 aliphatic carbocycles. The van der Waals surface area contributed by atoms with Gasteiger partial charge in [-0.15, -0.1) is 0 Å². The Bertz CT molecular complexity index is 590. The maximum Gasteiger partial charge on any atom is 0.613 e. The van der Waals surface area contributed by atoms with Gasteiger partial charge in [0.25, 0.3) is 0 Å². The molecule has 1 rings (SSSR count). The number of amides is 1. The number of carbonyl (C=O) groups excluding carboxylic acids is 3. The lowest BCUT2D eigenvalue weighted by atomic mass is 9.79. The van der Waals surface area contributed by atoms with Crippen LogP contribution in [0.15, 0.2) is 0 Å². The maximum absolute atomic E-state index is 13.3. The lowest BCUT2D eigenvalue weighted by molar-refractivity contribution is -0.162. The Labute approximate surface area is 169 Å². The molecule has 1 N–H and O–H groups in total. The molecule has 2 unspecified atom stereocenters. The van der Waals surface area contributed by atoms with Gasteiger partial charge in [-0.3, -0.25) is 19.3 Å². The molecule has 0 aromatic rings. The van der Waals surface area contributed by atoms with Crippen LogP contribution < -0.4 is 5.32 Å². The number of hydrogen-bond donors (Lipinski definition) is 1. The molecule has 14 heteroatoms. The number of ether oxygens (including phenoxy) is 1. The summed E-state index contributed by atoms with van der Waals surface area (Å²) in [6.07, 6.45) is -5.55. The molecule has 8 nitrogen and oxygen atoms in total. The Morgan fingerprint density at radius 1 is 1.36 bits per heavy atom. The van der Waals surface area contributed by atoms with E-state index in [2.05, 4.69) is 0 Å². The first-order chi connectivity index (χ1) is 12.9. The summed E-state index contributed by atoms with van der Waals surface area (Å²) in [5.41, 5.74) is 0. The minimum atomic E-state index is -4.78. The van der Waals surface area contributed by atoms with Crippen LogP contribution in [-0.2, 0) is 28.4 Å². The molecule has 0 radical (unpaired) electrons. The molecule has 0 saturated carbocycles. The maximum atomic E-state index is 13.3. The highest BCUT2D eigenvalue weighted by Crippen LogP contribution is 2.30. The molecule has 0 bridgehead atoms. The third-order valence-corrected chi connectivity index (χ3v) is 4.78. The summed E-state index contributed by atoms with van der Waals surface area (Å²) >= 11 is 5.61. The number of nitrogens with one attached hydrogen (secondary N) is 1. The van der Waals surface area contributed by atoms with Gasteiger partial charge in [-0.2, -0.15) is 13.2 Å². The first-order valence-electron chi connectivity index (χ1n) is 8.17. The first kappa shape index (κ1) is 24.5. The number of thioether (sulfide) groups is 1. The molecular weight excluding hydrogens is 424 g/mol. The van der Waals surface area contributed by atoms with Crippen molar-refractivity contribution in [2.24, 2.45) is 0 Å². The number of hydrogen-bond acceptors (Lipinski definition) is 9. The van der Waals surface area contributed by atoms with Crippen molar-refractivity contribution in [1.29, 1.82) is 0 Å². The Morgan fingerprint density at radius 3 is 2.32 bits per heavy atom. The highest BCUT2D eigenvalue weighted by molar-refractivity contribution is 8.23. The zero-order valence-corrected chi connectivity index (χ0v) is 17.0. The normalized spacial score (nSPS) is 18.3. The van der Waals surface area contributed by atoms with Gasteiger partial charge in [-0.05, 0) is 32.6 Å². The molecule has 1 aliphatic heterocycles. The van der Waals surface area contributed by atoms with Crippen LogP contribution >= 0.6 is 24.0 Å². The summed E-state index contributed by atoms with van der Waals surface area (Å²) in [5, 5.41) is 0.546. The van der Waals surface area contributed by atoms with Crippen LogP contribution in [0, 0.1) is 0 Å². The van der Waals surface area contributed by atoms with Gasteiger partial charge < -0.3 is 19.4 Å². The van der Waals surface area contributed by atoms with Gasteiger partial charge in [0.1, 0.15) is 6.04 Å². The van der Waals surface area contributed by atoms with E-state index in [0.29, 0.717) is 11.8 Å². The fourth-order valence-corrected chi connectivity index (χ4v) is 3.68. The van der Waals surface area contributed by atoms with Crippen LogP contribution in [0.1, 0.15) is 20.3 Å². The summed E-state index contributed by atoms with van der Waals surface area (Å²) < 4.78 is 55.1. The van der Waals surface area contributed by atoms with E-state index in [9.17, 15) is 27.6 Å². The average Bonchev–Trinajstić information content (AvgIpc) is 2.50. The number of likely N-dealkylation sites (N-methyl/N-ethyl adjacent to an activating group) is 1. The predicted molar refractivity (Wildman–Crippen MR) is 99.3 cm³/mol. The summed E-state index contributed by atoms with van der Waals surface area (Å²) in [6, 6.07) is -2.27. The SMILES string of the molecule is CCOC(=S)SC(CC(NC(C)=O)C(F)(F)F)B1OC(=O)CN(C)CC(=O)O1. The van der Waals surface area contributed by atoms with Crippen LogP contribution in [0.2, 0.25) is 0 Å². The van der Waals surface area contributed by atoms with E-state index in [1.807, 2.05) is 0 Å². The molecular formula is C14H20BF3N2O6S2. The van der Waals surface area contributed by atoms with Crippen LogP contribution in [0.25, 0.3) is 0 Å². The van der Waals surface area contributed by atoms with Crippen LogP contribution in [0.5, 0.6) is 0 Å². The minimum absolute atomic E-state index is 0.109. The van der Waals surface area contributed by atoms with Crippen molar-refractivity contribution in [3.05, 3.63) is 0 Å². The van der Waals surface area contributed by atoms with E-state index < -0.39 is 48.8 Å². The van der Waals surface area contributed by atoms with E-state index >= 15 is 0 Å². The second kappa shape index (κ2) is 10.9. The van der Waals surface area contributed by atoms with Gasteiger partial charge in [-0.1, -0.05) is 11.8 Å². The van der Waals surface area contributed by atoms with Crippen LogP contribution in [0.3, 0.4) is 0 Å². The van der Waals surface area contributed by atoms with Gasteiger partial charge in [0, 0.05) is 6.92 Å². The molecule has 158 valence electrons. The lowest BCUT2D eigenvalue weighted by Gasteiger charge is -2.29. The van der Waals surface area contributed by atoms with Crippen molar-refractivity contribution < 1.29 is 41.6 Å². The van der Waals surface area contributed by atoms with Crippen molar-refractivity contribution in [2.45, 2.75) is 37.6 Å². The van der Waals surface area contributed by atoms with Crippen molar-refractivity contribution in [3.8, 4) is 0 Å². The average molecular weight is 444 g/mol. The zero-order valence-electron chi connectivity index (χ0n) is 15.4. The smallest absolute Gasteiger partial charge is 0.497 e. The van der Waals surface area contributed by atoms with E-state index in [4.69, 9.17) is 26.3 Å². The molecule has 1 saturated heterocycles. The van der Waals surface area contributed by atoms with Gasteiger partial charge in [0.05, 0.1) is 24.8 Å². The molecule has 0 spiro atoms. The fraction of sp³-hybridized carbons (Fsp3) is 0.714. The minimum Gasteiger partial charge on any atom is -0.497 e. The molecule has 1 fully saturated rings. The van der Waals surface area contributed by atoms with Gasteiger partial charge in [0.2, 0.25) is 10.3 Å². The monoisotopic (exact) mass is 444 g/mol. The van der Waals surface area contributed by atoms with Crippen molar-refractivity contribution in [3.63, 3.8) is 0 Å². The van der Waals surface area contributed by atoms with E-state index in [-0.39, 0.29) is 24.1 Å². The summed E-state index contributed by atoms with van der Waals surface area (Å²) in [7, 11) is -0.147. The van der Waals surface area contributed by atoms with E-state index in [0.717, 1.165) is 6.92 Å². The van der Waals surface area contributed by atoms with Crippen molar-refractivity contribution >= 4 is 53.3 Å². The lowest BCUT2D eigenvalue weighted by Crippen LogP contribution is -2.52. The molecule has 0 aromatic heterocycles. The molecule has 1 heterocycles. The number of alkyl halides is 3. The van der Waals surface area contributed by atoms with Gasteiger partial charge in [0.15, 0.2) is 0 Å². The first-order valence-corrected chi connectivity index (χ1v) is 9.45. The fourth-order valence-electron chi connectivity index (χ4n) is 2.25. The number of nitrogens with zero attached hydrogens (tertiary/aromatic N) is 1. The topological polar surface area (TPSA) is 94.2 Å². The molecule has 28 heavy (non-hydrogen) atoms. The Hall–Kier alpha value is -1.54. The predicted octanol–water partition coefficient (Wildman–Crippen LogP) is 0.926. The highest BCUT2D eigenvalue weighted by atomic mass is 32.2. The second-order valence-corrected chi connectivity index (χ2v) is 7.73. The van der Waals surface area contributed by atoms with Crippen LogP contribution in [0.4, 0.5) is 13.2 Å². The molecule has 2 atom stereocenters. The molecule has 1 aliphatic rings. The Balaban J connectivity index is 3.10. The van der Waals surface area contributed by atoms with Gasteiger partial charge in [-0.25, -0.2) is 0 Å². The number of halogens is 3. The standard InChI is InChI=1S/C14H20BF3N2O6S2/c1-4-24-13(27)28-10(5-9(14(16,17)18)19-8(2)21)15-25-11(22)6-20(3)7-12(23)26-15/h9-10H,4-7H2,1-3H3,(H,19,21). The van der Waals surface area contributed by atoms with Crippen molar-refractivity contribution in [1.82, 2.24) is 10.2 Å². The summed E-state index contributed by atoms with van der Waals surface area (Å²) in [5.74, 6) is -2.46. The number of thiocarbonyl (C=S) groups is 1. The third-order valence-electron chi connectivity index (χ3n) is 3.35. The quantitative estimate of drug-likeness (QED) is 0.474. The highest BCUT2D eigenvalue weighted by Gasteiger charge is 2.48. The Morgan fingerprint density at radius 2 is 1.89 bits per heavy atom. The van der Waals surface area contributed by atoms with Crippen LogP contribution in [-0.4, -0.2) is 78.4 Å². The number of rotatable bonds is 6. The second-order valence-electron chi connectivity index (χ2n) is 5.89. The molecule has 1 amide bonds. The summed E-state index contributed by atoms with van der Waals surface area (Å²) in [4.78, 5) is 36.4.